The number of rotatable bonds is 4. The van der Waals surface area contributed by atoms with Gasteiger partial charge >= 0.3 is 22.8 Å². The minimum Gasteiger partial charge on any atom is -0.259 e. The van der Waals surface area contributed by atoms with E-state index >= 15 is 0 Å². The lowest BCUT2D eigenvalue weighted by atomic mass is 10.6. The second-order valence-corrected chi connectivity index (χ2v) is 10.5. The SMILES string of the molecule is CCCP1(=O)OP(C)(=O)OP(=O)(CCC)O1. The first kappa shape index (κ1) is 14.6. The zero-order chi connectivity index (χ0) is 12.4. The first-order chi connectivity index (χ1) is 7.24. The van der Waals surface area contributed by atoms with E-state index in [9.17, 15) is 13.7 Å². The lowest BCUT2D eigenvalue weighted by molar-refractivity contribution is 0.280. The van der Waals surface area contributed by atoms with Crippen LogP contribution in [0.25, 0.3) is 0 Å². The summed E-state index contributed by atoms with van der Waals surface area (Å²) in [6, 6.07) is 0. The zero-order valence-corrected chi connectivity index (χ0v) is 12.3. The molecule has 1 fully saturated rings. The molecule has 0 bridgehead atoms. The molecular weight excluding hydrogens is 273 g/mol. The molecule has 6 nitrogen and oxygen atoms in total. The molecule has 0 aromatic heterocycles. The molecule has 0 aromatic carbocycles. The molecule has 0 N–H and O–H groups in total. The van der Waals surface area contributed by atoms with E-state index in [0.717, 1.165) is 0 Å². The molecule has 0 aromatic rings. The molecule has 2 atom stereocenters. The largest absolute Gasteiger partial charge is 0.344 e. The number of hydrogen-bond donors (Lipinski definition) is 0. The third-order valence-corrected chi connectivity index (χ3v) is 10.1. The fourth-order valence-corrected chi connectivity index (χ4v) is 10.1. The zero-order valence-electron chi connectivity index (χ0n) is 9.62. The molecule has 0 radical (unpaired) electrons. The Kier molecular flexibility index (Phi) is 4.62. The fourth-order valence-electron chi connectivity index (χ4n) is 1.40. The van der Waals surface area contributed by atoms with Crippen molar-refractivity contribution in [3.8, 4) is 0 Å². The highest BCUT2D eigenvalue weighted by molar-refractivity contribution is 7.80. The molecule has 0 spiro atoms. The highest BCUT2D eigenvalue weighted by Gasteiger charge is 2.49. The lowest BCUT2D eigenvalue weighted by Crippen LogP contribution is -2.08. The molecule has 1 heterocycles. The Labute approximate surface area is 95.7 Å². The molecule has 1 saturated heterocycles. The fraction of sp³-hybridized carbons (Fsp3) is 1.00. The van der Waals surface area contributed by atoms with Crippen LogP contribution in [0.5, 0.6) is 0 Å². The van der Waals surface area contributed by atoms with E-state index in [-0.39, 0.29) is 12.3 Å². The Morgan fingerprint density at radius 3 is 1.50 bits per heavy atom. The van der Waals surface area contributed by atoms with Crippen molar-refractivity contribution >= 4 is 22.8 Å². The third kappa shape index (κ3) is 3.80. The van der Waals surface area contributed by atoms with Crippen LogP contribution < -0.4 is 0 Å². The van der Waals surface area contributed by atoms with Crippen LogP contribution in [0.2, 0.25) is 0 Å². The van der Waals surface area contributed by atoms with Crippen molar-refractivity contribution in [2.45, 2.75) is 26.7 Å². The van der Waals surface area contributed by atoms with Crippen molar-refractivity contribution in [1.82, 2.24) is 0 Å². The van der Waals surface area contributed by atoms with Crippen LogP contribution in [0.3, 0.4) is 0 Å². The molecule has 1 aliphatic heterocycles. The Bertz CT molecular complexity index is 360. The van der Waals surface area contributed by atoms with Gasteiger partial charge in [0.15, 0.2) is 0 Å². The van der Waals surface area contributed by atoms with Gasteiger partial charge in [0.25, 0.3) is 0 Å². The smallest absolute Gasteiger partial charge is 0.259 e. The average Bonchev–Trinajstić information content (AvgIpc) is 1.97. The standard InChI is InChI=1S/C7H17O6P3/c1-4-6-15(9)11-14(3,8)12-16(10,13-15)7-5-2/h4-7H2,1-3H3. The molecule has 96 valence electrons. The van der Waals surface area contributed by atoms with Crippen LogP contribution in [0.4, 0.5) is 0 Å². The summed E-state index contributed by atoms with van der Waals surface area (Å²) in [4.78, 5) is 0. The summed E-state index contributed by atoms with van der Waals surface area (Å²) < 4.78 is 50.5. The van der Waals surface area contributed by atoms with Crippen LogP contribution in [0.15, 0.2) is 0 Å². The summed E-state index contributed by atoms with van der Waals surface area (Å²) in [5.41, 5.74) is 0. The summed E-state index contributed by atoms with van der Waals surface area (Å²) in [6.07, 6.45) is 1.26. The summed E-state index contributed by atoms with van der Waals surface area (Å²) in [7, 11) is -10.6. The van der Waals surface area contributed by atoms with Gasteiger partial charge in [-0.25, -0.2) is 12.9 Å². The van der Waals surface area contributed by atoms with Crippen molar-refractivity contribution in [1.29, 1.82) is 0 Å². The predicted octanol–water partition coefficient (Wildman–Crippen LogP) is 4.08. The van der Waals surface area contributed by atoms with E-state index in [0.29, 0.717) is 12.8 Å². The van der Waals surface area contributed by atoms with E-state index in [1.165, 1.54) is 6.66 Å². The van der Waals surface area contributed by atoms with E-state index in [1.807, 2.05) is 0 Å². The maximum atomic E-state index is 12.1. The lowest BCUT2D eigenvalue weighted by Gasteiger charge is -2.32. The van der Waals surface area contributed by atoms with E-state index < -0.39 is 22.8 Å². The first-order valence-corrected chi connectivity index (χ1v) is 10.6. The van der Waals surface area contributed by atoms with Gasteiger partial charge in [-0.3, -0.25) is 13.7 Å². The van der Waals surface area contributed by atoms with Crippen LogP contribution in [0, 0.1) is 0 Å². The molecular formula is C7H17O6P3. The van der Waals surface area contributed by atoms with Gasteiger partial charge in [-0.2, -0.15) is 0 Å². The Morgan fingerprint density at radius 1 is 0.812 bits per heavy atom. The predicted molar refractivity (Wildman–Crippen MR) is 62.3 cm³/mol. The van der Waals surface area contributed by atoms with Gasteiger partial charge in [-0.15, -0.1) is 0 Å². The molecule has 1 rings (SSSR count). The minimum absolute atomic E-state index is 0.0991. The molecule has 1 aliphatic rings. The van der Waals surface area contributed by atoms with Crippen LogP contribution in [0.1, 0.15) is 26.7 Å². The van der Waals surface area contributed by atoms with Gasteiger partial charge in [0, 0.05) is 6.66 Å². The second kappa shape index (κ2) is 5.06. The Balaban J connectivity index is 2.98. The minimum atomic E-state index is -3.54. The van der Waals surface area contributed by atoms with Crippen molar-refractivity contribution < 1.29 is 26.6 Å². The normalized spacial score (nSPS) is 44.4. The highest BCUT2D eigenvalue weighted by atomic mass is 31.3. The van der Waals surface area contributed by atoms with E-state index in [4.69, 9.17) is 12.9 Å². The quantitative estimate of drug-likeness (QED) is 0.726. The summed E-state index contributed by atoms with van der Waals surface area (Å²) >= 11 is 0. The van der Waals surface area contributed by atoms with Gasteiger partial charge in [-0.1, -0.05) is 13.8 Å². The molecule has 16 heavy (non-hydrogen) atoms. The third-order valence-electron chi connectivity index (χ3n) is 1.79. The maximum Gasteiger partial charge on any atom is 0.344 e. The van der Waals surface area contributed by atoms with Gasteiger partial charge in [0.05, 0.1) is 12.3 Å². The summed E-state index contributed by atoms with van der Waals surface area (Å²) in [5, 5.41) is 0. The van der Waals surface area contributed by atoms with Gasteiger partial charge in [0.2, 0.25) is 0 Å². The summed E-state index contributed by atoms with van der Waals surface area (Å²) in [6.45, 7) is 4.74. The molecule has 0 saturated carbocycles. The van der Waals surface area contributed by atoms with Crippen molar-refractivity contribution in [2.24, 2.45) is 0 Å². The van der Waals surface area contributed by atoms with Crippen molar-refractivity contribution in [2.75, 3.05) is 19.0 Å². The Hall–Kier alpha value is 0.570. The van der Waals surface area contributed by atoms with Gasteiger partial charge < -0.3 is 0 Å². The highest BCUT2D eigenvalue weighted by Crippen LogP contribution is 2.81. The molecule has 0 aliphatic carbocycles. The van der Waals surface area contributed by atoms with Crippen LogP contribution >= 0.6 is 22.8 Å². The monoisotopic (exact) mass is 290 g/mol. The Morgan fingerprint density at radius 2 is 1.19 bits per heavy atom. The van der Waals surface area contributed by atoms with Crippen molar-refractivity contribution in [3.05, 3.63) is 0 Å². The second-order valence-electron chi connectivity index (χ2n) is 3.69. The average molecular weight is 290 g/mol. The van der Waals surface area contributed by atoms with E-state index in [2.05, 4.69) is 0 Å². The summed E-state index contributed by atoms with van der Waals surface area (Å²) in [5.74, 6) is 0. The van der Waals surface area contributed by atoms with Gasteiger partial charge in [-0.05, 0) is 12.8 Å². The first-order valence-electron chi connectivity index (χ1n) is 5.14. The van der Waals surface area contributed by atoms with Crippen LogP contribution in [-0.2, 0) is 26.6 Å². The molecule has 9 heteroatoms. The number of hydrogen-bond acceptors (Lipinski definition) is 6. The van der Waals surface area contributed by atoms with E-state index in [1.54, 1.807) is 13.8 Å². The van der Waals surface area contributed by atoms with Gasteiger partial charge in [0.1, 0.15) is 0 Å². The topological polar surface area (TPSA) is 78.9 Å². The molecule has 2 unspecified atom stereocenters. The maximum absolute atomic E-state index is 12.1. The molecule has 0 amide bonds. The van der Waals surface area contributed by atoms with Crippen molar-refractivity contribution in [3.63, 3.8) is 0 Å². The van der Waals surface area contributed by atoms with Crippen LogP contribution in [-0.4, -0.2) is 19.0 Å².